The number of hydrogen-bond acceptors (Lipinski definition) is 6. The van der Waals surface area contributed by atoms with E-state index in [-0.39, 0.29) is 12.5 Å². The molecular formula is C19H16N2O4S. The highest BCUT2D eigenvalue weighted by molar-refractivity contribution is 7.18. The molecule has 0 aliphatic heterocycles. The maximum absolute atomic E-state index is 12.2. The number of thiazole rings is 1. The van der Waals surface area contributed by atoms with Crippen LogP contribution in [0.3, 0.4) is 0 Å². The Bertz CT molecular complexity index is 914. The second-order valence-electron chi connectivity index (χ2n) is 5.12. The first-order valence-corrected chi connectivity index (χ1v) is 8.75. The average molecular weight is 368 g/mol. The van der Waals surface area contributed by atoms with Gasteiger partial charge in [-0.2, -0.15) is 0 Å². The zero-order chi connectivity index (χ0) is 18.4. The van der Waals surface area contributed by atoms with Crippen LogP contribution < -0.4 is 5.32 Å². The number of esters is 1. The molecule has 1 amide bonds. The molecule has 0 bridgehead atoms. The van der Waals surface area contributed by atoms with Crippen molar-refractivity contribution >= 4 is 34.4 Å². The normalized spacial score (nSPS) is 10.8. The fourth-order valence-corrected chi connectivity index (χ4v) is 3.08. The first-order chi connectivity index (χ1) is 12.7. The second-order valence-corrected chi connectivity index (χ2v) is 6.12. The summed E-state index contributed by atoms with van der Waals surface area (Å²) in [6, 6.07) is 12.8. The maximum Gasteiger partial charge on any atom is 0.350 e. The number of amides is 1. The van der Waals surface area contributed by atoms with E-state index < -0.39 is 5.97 Å². The molecule has 26 heavy (non-hydrogen) atoms. The highest BCUT2D eigenvalue weighted by Gasteiger charge is 2.21. The molecule has 132 valence electrons. The van der Waals surface area contributed by atoms with Crippen LogP contribution in [0.15, 0.2) is 59.2 Å². The molecule has 0 aliphatic carbocycles. The molecule has 1 aromatic carbocycles. The van der Waals surface area contributed by atoms with Gasteiger partial charge >= 0.3 is 5.97 Å². The fraction of sp³-hybridized carbons (Fsp3) is 0.105. The van der Waals surface area contributed by atoms with Crippen molar-refractivity contribution in [1.29, 1.82) is 0 Å². The van der Waals surface area contributed by atoms with Gasteiger partial charge in [-0.05, 0) is 25.1 Å². The maximum atomic E-state index is 12.2. The summed E-state index contributed by atoms with van der Waals surface area (Å²) in [6.45, 7) is 2.00. The third kappa shape index (κ3) is 4.25. The van der Waals surface area contributed by atoms with Crippen molar-refractivity contribution in [1.82, 2.24) is 4.98 Å². The van der Waals surface area contributed by atoms with Crippen molar-refractivity contribution in [2.24, 2.45) is 0 Å². The first kappa shape index (κ1) is 17.6. The predicted molar refractivity (Wildman–Crippen MR) is 99.9 cm³/mol. The molecule has 0 radical (unpaired) electrons. The van der Waals surface area contributed by atoms with E-state index in [1.165, 1.54) is 12.3 Å². The number of anilines is 1. The summed E-state index contributed by atoms with van der Waals surface area (Å²) in [7, 11) is 0. The Morgan fingerprint density at radius 1 is 1.23 bits per heavy atom. The van der Waals surface area contributed by atoms with E-state index in [0.717, 1.165) is 16.9 Å². The quantitative estimate of drug-likeness (QED) is 0.520. The summed E-state index contributed by atoms with van der Waals surface area (Å²) in [5.74, 6) is -0.267. The van der Waals surface area contributed by atoms with Crippen LogP contribution in [0.1, 0.15) is 22.4 Å². The van der Waals surface area contributed by atoms with Gasteiger partial charge in [0.15, 0.2) is 5.13 Å². The Balaban J connectivity index is 1.83. The third-order valence-electron chi connectivity index (χ3n) is 3.31. The molecular weight excluding hydrogens is 352 g/mol. The summed E-state index contributed by atoms with van der Waals surface area (Å²) in [5, 5.41) is 2.98. The molecule has 2 heterocycles. The third-order valence-corrected chi connectivity index (χ3v) is 4.26. The first-order valence-electron chi connectivity index (χ1n) is 7.93. The molecule has 3 aromatic rings. The smallest absolute Gasteiger partial charge is 0.350 e. The molecule has 0 saturated heterocycles. The van der Waals surface area contributed by atoms with Crippen molar-refractivity contribution in [2.75, 3.05) is 11.9 Å². The molecule has 7 heteroatoms. The summed E-state index contributed by atoms with van der Waals surface area (Å²) >= 11 is 1.08. The summed E-state index contributed by atoms with van der Waals surface area (Å²) in [5.41, 5.74) is 1.26. The number of nitrogens with zero attached hydrogens (tertiary/aromatic N) is 1. The van der Waals surface area contributed by atoms with E-state index >= 15 is 0 Å². The van der Waals surface area contributed by atoms with E-state index in [9.17, 15) is 9.59 Å². The van der Waals surface area contributed by atoms with Gasteiger partial charge in [0.25, 0.3) is 0 Å². The fourth-order valence-electron chi connectivity index (χ4n) is 2.19. The van der Waals surface area contributed by atoms with Gasteiger partial charge in [0.05, 0.1) is 18.6 Å². The topological polar surface area (TPSA) is 81.4 Å². The molecule has 0 fully saturated rings. The number of carbonyl (C=O) groups excluding carboxylic acids is 2. The van der Waals surface area contributed by atoms with Crippen LogP contribution in [-0.2, 0) is 9.53 Å². The standard InChI is InChI=1S/C19H16N2O4S/c1-2-24-18(23)17-16(13-7-4-3-5-8-13)21-19(26-17)20-15(22)11-10-14-9-6-12-25-14/h3-12H,2H2,1H3,(H,20,21,22). The minimum absolute atomic E-state index is 0.262. The van der Waals surface area contributed by atoms with Crippen LogP contribution in [0.4, 0.5) is 5.13 Å². The minimum Gasteiger partial charge on any atom is -0.465 e. The Labute approximate surface area is 154 Å². The number of rotatable bonds is 6. The Hall–Kier alpha value is -3.19. The van der Waals surface area contributed by atoms with Crippen molar-refractivity contribution in [2.45, 2.75) is 6.92 Å². The lowest BCUT2D eigenvalue weighted by Crippen LogP contribution is -2.07. The molecule has 0 spiro atoms. The van der Waals surface area contributed by atoms with Crippen LogP contribution in [0, 0.1) is 0 Å². The largest absolute Gasteiger partial charge is 0.465 e. The van der Waals surface area contributed by atoms with Crippen molar-refractivity contribution in [3.8, 4) is 11.3 Å². The molecule has 0 atom stereocenters. The molecule has 0 aliphatic rings. The number of carbonyl (C=O) groups is 2. The molecule has 0 unspecified atom stereocenters. The SMILES string of the molecule is CCOC(=O)c1sc(NC(=O)C=Cc2ccco2)nc1-c1ccccc1. The highest BCUT2D eigenvalue weighted by atomic mass is 32.1. The summed E-state index contributed by atoms with van der Waals surface area (Å²) in [4.78, 5) is 29.0. The van der Waals surface area contributed by atoms with E-state index in [1.54, 1.807) is 25.1 Å². The lowest BCUT2D eigenvalue weighted by molar-refractivity contribution is -0.111. The number of benzene rings is 1. The zero-order valence-electron chi connectivity index (χ0n) is 14.0. The summed E-state index contributed by atoms with van der Waals surface area (Å²) < 4.78 is 10.2. The van der Waals surface area contributed by atoms with Gasteiger partial charge in [-0.15, -0.1) is 0 Å². The molecule has 1 N–H and O–H groups in total. The Morgan fingerprint density at radius 3 is 2.73 bits per heavy atom. The van der Waals surface area contributed by atoms with Crippen molar-refractivity contribution < 1.29 is 18.7 Å². The number of ether oxygens (including phenoxy) is 1. The number of nitrogens with one attached hydrogen (secondary N) is 1. The second kappa shape index (κ2) is 8.26. The van der Waals surface area contributed by atoms with Crippen LogP contribution in [-0.4, -0.2) is 23.5 Å². The van der Waals surface area contributed by atoms with Gasteiger partial charge in [0.1, 0.15) is 10.6 Å². The van der Waals surface area contributed by atoms with Gasteiger partial charge < -0.3 is 9.15 Å². The van der Waals surface area contributed by atoms with Crippen LogP contribution in [0.2, 0.25) is 0 Å². The highest BCUT2D eigenvalue weighted by Crippen LogP contribution is 2.31. The Kier molecular flexibility index (Phi) is 5.60. The molecule has 0 saturated carbocycles. The average Bonchev–Trinajstić information content (AvgIpc) is 3.31. The van der Waals surface area contributed by atoms with E-state index in [4.69, 9.17) is 9.15 Å². The Morgan fingerprint density at radius 2 is 2.04 bits per heavy atom. The summed E-state index contributed by atoms with van der Waals surface area (Å²) in [6.07, 6.45) is 4.41. The number of hydrogen-bond donors (Lipinski definition) is 1. The van der Waals surface area contributed by atoms with Gasteiger partial charge in [0, 0.05) is 11.6 Å². The zero-order valence-corrected chi connectivity index (χ0v) is 14.8. The van der Waals surface area contributed by atoms with Crippen LogP contribution in [0.25, 0.3) is 17.3 Å². The van der Waals surface area contributed by atoms with Crippen LogP contribution >= 0.6 is 11.3 Å². The van der Waals surface area contributed by atoms with Gasteiger partial charge in [0.2, 0.25) is 5.91 Å². The lowest BCUT2D eigenvalue weighted by Gasteiger charge is -2.01. The van der Waals surface area contributed by atoms with Crippen molar-refractivity contribution in [3.63, 3.8) is 0 Å². The molecule has 3 rings (SSSR count). The van der Waals surface area contributed by atoms with E-state index in [2.05, 4.69) is 10.3 Å². The molecule has 6 nitrogen and oxygen atoms in total. The van der Waals surface area contributed by atoms with Crippen LogP contribution in [0.5, 0.6) is 0 Å². The van der Waals surface area contributed by atoms with Gasteiger partial charge in [-0.3, -0.25) is 10.1 Å². The van der Waals surface area contributed by atoms with Crippen molar-refractivity contribution in [3.05, 3.63) is 65.4 Å². The predicted octanol–water partition coefficient (Wildman–Crippen LogP) is 4.23. The van der Waals surface area contributed by atoms with Gasteiger partial charge in [-0.1, -0.05) is 41.7 Å². The van der Waals surface area contributed by atoms with E-state index in [0.29, 0.717) is 21.5 Å². The number of furan rings is 1. The monoisotopic (exact) mass is 368 g/mol. The minimum atomic E-state index is -0.463. The van der Waals surface area contributed by atoms with E-state index in [1.807, 2.05) is 30.3 Å². The van der Waals surface area contributed by atoms with Gasteiger partial charge in [-0.25, -0.2) is 9.78 Å². The number of aromatic nitrogens is 1. The molecule has 2 aromatic heterocycles. The lowest BCUT2D eigenvalue weighted by atomic mass is 10.1.